The minimum absolute atomic E-state index is 0.00986. The highest BCUT2D eigenvalue weighted by Gasteiger charge is 2.05. The number of rotatable bonds is 3. The van der Waals surface area contributed by atoms with E-state index in [1.54, 1.807) is 4.52 Å². The van der Waals surface area contributed by atoms with Crippen LogP contribution in [0, 0.1) is 0 Å². The van der Waals surface area contributed by atoms with E-state index in [9.17, 15) is 4.79 Å². The van der Waals surface area contributed by atoms with Crippen LogP contribution in [0.3, 0.4) is 0 Å². The van der Waals surface area contributed by atoms with Crippen LogP contribution < -0.4 is 11.1 Å². The minimum atomic E-state index is -0.198. The largest absolute Gasteiger partial charge is 0.348 e. The molecule has 0 atom stereocenters. The van der Waals surface area contributed by atoms with Crippen molar-refractivity contribution in [3.63, 3.8) is 0 Å². The summed E-state index contributed by atoms with van der Waals surface area (Å²) in [5, 5.41) is 15.0. The van der Waals surface area contributed by atoms with Crippen molar-refractivity contribution in [3.05, 3.63) is 11.3 Å². The number of nitrogens with two attached hydrogens (primary N) is 1. The quantitative estimate of drug-likeness (QED) is 0.663. The molecule has 3 N–H and O–H groups in total. The average Bonchev–Trinajstić information content (AvgIpc) is 2.73. The summed E-state index contributed by atoms with van der Waals surface area (Å²) in [5.41, 5.74) is 5.13. The normalized spacial score (nSPS) is 10.6. The second kappa shape index (κ2) is 3.68. The Bertz CT molecular complexity index is 419. The van der Waals surface area contributed by atoms with Crippen LogP contribution in [0.25, 0.3) is 4.96 Å². The van der Waals surface area contributed by atoms with Crippen molar-refractivity contribution in [1.29, 1.82) is 0 Å². The van der Waals surface area contributed by atoms with Gasteiger partial charge in [-0.25, -0.2) is 0 Å². The van der Waals surface area contributed by atoms with Crippen molar-refractivity contribution in [1.82, 2.24) is 25.1 Å². The lowest BCUT2D eigenvalue weighted by Gasteiger charge is -1.97. The highest BCUT2D eigenvalue weighted by Crippen LogP contribution is 2.10. The highest BCUT2D eigenvalue weighted by atomic mass is 32.1. The van der Waals surface area contributed by atoms with E-state index in [4.69, 9.17) is 5.73 Å². The second-order valence-corrected chi connectivity index (χ2v) is 3.58. The summed E-state index contributed by atoms with van der Waals surface area (Å²) in [6.07, 6.45) is 1.51. The Hall–Kier alpha value is -1.54. The molecule has 14 heavy (non-hydrogen) atoms. The summed E-state index contributed by atoms with van der Waals surface area (Å²) < 4.78 is 1.56. The highest BCUT2D eigenvalue weighted by molar-refractivity contribution is 7.16. The molecule has 2 heterocycles. The van der Waals surface area contributed by atoms with Gasteiger partial charge < -0.3 is 11.1 Å². The topological polar surface area (TPSA) is 98.2 Å². The van der Waals surface area contributed by atoms with Crippen LogP contribution in [0.1, 0.15) is 5.01 Å². The molecule has 0 radical (unpaired) electrons. The van der Waals surface area contributed by atoms with Crippen molar-refractivity contribution >= 4 is 22.2 Å². The molecule has 0 fully saturated rings. The number of aromatic nitrogens is 4. The molecule has 8 heteroatoms. The Balaban J connectivity index is 2.05. The molecular weight excluding hydrogens is 204 g/mol. The SMILES string of the molecule is NCC(=O)NCc1nn2cnnc2s1. The number of hydrogen-bond donors (Lipinski definition) is 2. The Morgan fingerprint density at radius 1 is 1.71 bits per heavy atom. The number of amides is 1. The third-order valence-corrected chi connectivity index (χ3v) is 2.46. The first-order chi connectivity index (χ1) is 6.79. The van der Waals surface area contributed by atoms with Gasteiger partial charge in [-0.3, -0.25) is 4.79 Å². The number of carbonyl (C=O) groups excluding carboxylic acids is 1. The average molecular weight is 212 g/mol. The summed E-state index contributed by atoms with van der Waals surface area (Å²) in [6.45, 7) is 0.369. The van der Waals surface area contributed by atoms with Gasteiger partial charge in [-0.2, -0.15) is 9.61 Å². The fraction of sp³-hybridized carbons (Fsp3) is 0.333. The summed E-state index contributed by atoms with van der Waals surface area (Å²) in [4.78, 5) is 11.6. The standard InChI is InChI=1S/C6H8N6OS/c7-1-4(13)8-2-5-11-12-3-9-10-6(12)14-5/h3H,1-2,7H2,(H,8,13). The van der Waals surface area contributed by atoms with Crippen LogP contribution in [0.15, 0.2) is 6.33 Å². The predicted octanol–water partition coefficient (Wildman–Crippen LogP) is -1.24. The molecule has 1 amide bonds. The number of fused-ring (bicyclic) bond motifs is 1. The Morgan fingerprint density at radius 3 is 3.29 bits per heavy atom. The van der Waals surface area contributed by atoms with Gasteiger partial charge in [0.2, 0.25) is 10.9 Å². The van der Waals surface area contributed by atoms with Crippen LogP contribution >= 0.6 is 11.3 Å². The molecule has 2 aromatic rings. The number of nitrogens with one attached hydrogen (secondary N) is 1. The number of carbonyl (C=O) groups is 1. The lowest BCUT2D eigenvalue weighted by molar-refractivity contribution is -0.119. The first-order valence-electron chi connectivity index (χ1n) is 3.92. The minimum Gasteiger partial charge on any atom is -0.348 e. The lowest BCUT2D eigenvalue weighted by atomic mass is 10.5. The van der Waals surface area contributed by atoms with Crippen LogP contribution in [0.4, 0.5) is 0 Å². The second-order valence-electron chi connectivity index (χ2n) is 2.53. The van der Waals surface area contributed by atoms with Crippen LogP contribution in [-0.4, -0.2) is 32.3 Å². The number of hydrogen-bond acceptors (Lipinski definition) is 6. The zero-order chi connectivity index (χ0) is 9.97. The van der Waals surface area contributed by atoms with Crippen LogP contribution in [0.5, 0.6) is 0 Å². The molecule has 0 aliphatic heterocycles. The monoisotopic (exact) mass is 212 g/mol. The fourth-order valence-electron chi connectivity index (χ4n) is 0.919. The summed E-state index contributed by atoms with van der Waals surface area (Å²) in [7, 11) is 0. The molecule has 7 nitrogen and oxygen atoms in total. The molecule has 0 unspecified atom stereocenters. The van der Waals surface area contributed by atoms with Crippen LogP contribution in [0.2, 0.25) is 0 Å². The van der Waals surface area contributed by atoms with Gasteiger partial charge in [0.1, 0.15) is 11.3 Å². The summed E-state index contributed by atoms with van der Waals surface area (Å²) in [5.74, 6) is -0.198. The Labute approximate surface area is 82.9 Å². The lowest BCUT2D eigenvalue weighted by Crippen LogP contribution is -2.29. The predicted molar refractivity (Wildman–Crippen MR) is 49.6 cm³/mol. The molecule has 0 saturated heterocycles. The summed E-state index contributed by atoms with van der Waals surface area (Å²) >= 11 is 1.38. The first kappa shape index (κ1) is 9.03. The van der Waals surface area contributed by atoms with Gasteiger partial charge in [0.25, 0.3) is 0 Å². The maximum absolute atomic E-state index is 10.8. The van der Waals surface area contributed by atoms with E-state index in [0.717, 1.165) is 5.01 Å². The molecule has 0 aliphatic carbocycles. The van der Waals surface area contributed by atoms with Gasteiger partial charge >= 0.3 is 0 Å². The van der Waals surface area contributed by atoms with E-state index in [2.05, 4.69) is 20.6 Å². The molecule has 74 valence electrons. The van der Waals surface area contributed by atoms with E-state index in [1.807, 2.05) is 0 Å². The maximum atomic E-state index is 10.8. The molecule has 0 aliphatic rings. The van der Waals surface area contributed by atoms with Gasteiger partial charge in [-0.15, -0.1) is 10.2 Å². The van der Waals surface area contributed by atoms with E-state index < -0.39 is 0 Å². The van der Waals surface area contributed by atoms with E-state index >= 15 is 0 Å². The molecule has 0 saturated carbocycles. The number of nitrogens with zero attached hydrogens (tertiary/aromatic N) is 4. The van der Waals surface area contributed by atoms with Crippen molar-refractivity contribution < 1.29 is 4.79 Å². The smallest absolute Gasteiger partial charge is 0.234 e. The van der Waals surface area contributed by atoms with Crippen molar-refractivity contribution in [2.24, 2.45) is 5.73 Å². The van der Waals surface area contributed by atoms with E-state index in [-0.39, 0.29) is 12.5 Å². The molecule has 0 aromatic carbocycles. The molecule has 2 rings (SSSR count). The summed E-state index contributed by atoms with van der Waals surface area (Å²) in [6, 6.07) is 0. The maximum Gasteiger partial charge on any atom is 0.234 e. The Kier molecular flexibility index (Phi) is 2.37. The van der Waals surface area contributed by atoms with Crippen molar-refractivity contribution in [2.75, 3.05) is 6.54 Å². The zero-order valence-corrected chi connectivity index (χ0v) is 7.99. The first-order valence-corrected chi connectivity index (χ1v) is 4.73. The van der Waals surface area contributed by atoms with Crippen molar-refractivity contribution in [2.45, 2.75) is 6.54 Å². The third kappa shape index (κ3) is 1.70. The third-order valence-electron chi connectivity index (χ3n) is 1.55. The van der Waals surface area contributed by atoms with E-state index in [0.29, 0.717) is 11.5 Å². The van der Waals surface area contributed by atoms with Crippen LogP contribution in [-0.2, 0) is 11.3 Å². The van der Waals surface area contributed by atoms with Gasteiger partial charge in [0.15, 0.2) is 0 Å². The molecule has 0 spiro atoms. The Morgan fingerprint density at radius 2 is 2.57 bits per heavy atom. The van der Waals surface area contributed by atoms with Gasteiger partial charge in [0.05, 0.1) is 13.1 Å². The zero-order valence-electron chi connectivity index (χ0n) is 7.17. The van der Waals surface area contributed by atoms with Gasteiger partial charge in [-0.05, 0) is 0 Å². The fourth-order valence-corrected chi connectivity index (χ4v) is 1.67. The van der Waals surface area contributed by atoms with E-state index in [1.165, 1.54) is 17.7 Å². The van der Waals surface area contributed by atoms with Crippen molar-refractivity contribution in [3.8, 4) is 0 Å². The van der Waals surface area contributed by atoms with Gasteiger partial charge in [-0.1, -0.05) is 11.3 Å². The molecular formula is C6H8N6OS. The molecule has 2 aromatic heterocycles. The van der Waals surface area contributed by atoms with Gasteiger partial charge in [0, 0.05) is 0 Å². The molecule has 0 bridgehead atoms.